The van der Waals surface area contributed by atoms with Crippen LogP contribution in [0.4, 0.5) is 10.2 Å². The van der Waals surface area contributed by atoms with Gasteiger partial charge in [0, 0.05) is 11.8 Å². The van der Waals surface area contributed by atoms with Gasteiger partial charge in [0.2, 0.25) is 0 Å². The number of nitrogens with zero attached hydrogens (tertiary/aromatic N) is 2. The van der Waals surface area contributed by atoms with E-state index in [2.05, 4.69) is 10.9 Å². The smallest absolute Gasteiger partial charge is 0.349 e. The maximum absolute atomic E-state index is 13.2. The summed E-state index contributed by atoms with van der Waals surface area (Å²) in [4.78, 5) is 14.9. The Hall–Kier alpha value is -2.61. The minimum atomic E-state index is -0.713. The standard InChI is InChI=1S/C13H10FN3O/c1-2-9-3-5-10(6-4-9)7-17-8-11(14)12(15)16-13(17)18/h1,3-6,8H,7H2,(H2,15,16,18). The molecule has 1 aromatic heterocycles. The van der Waals surface area contributed by atoms with E-state index in [1.807, 2.05) is 0 Å². The number of halogens is 1. The Labute approximate surface area is 103 Å². The van der Waals surface area contributed by atoms with E-state index >= 15 is 0 Å². The van der Waals surface area contributed by atoms with Crippen LogP contribution in [0, 0.1) is 18.2 Å². The Morgan fingerprint density at radius 2 is 2.06 bits per heavy atom. The van der Waals surface area contributed by atoms with Crippen molar-refractivity contribution in [2.24, 2.45) is 0 Å². The number of hydrogen-bond donors (Lipinski definition) is 1. The van der Waals surface area contributed by atoms with E-state index in [1.54, 1.807) is 24.3 Å². The average molecular weight is 243 g/mol. The SMILES string of the molecule is C#Cc1ccc(Cn2cc(F)c(N)nc2=O)cc1. The molecule has 0 bridgehead atoms. The third kappa shape index (κ3) is 2.38. The molecule has 2 N–H and O–H groups in total. The first-order chi connectivity index (χ1) is 8.60. The lowest BCUT2D eigenvalue weighted by molar-refractivity contribution is 0.586. The quantitative estimate of drug-likeness (QED) is 0.800. The fraction of sp³-hybridized carbons (Fsp3) is 0.0769. The lowest BCUT2D eigenvalue weighted by Gasteiger charge is -2.06. The lowest BCUT2D eigenvalue weighted by atomic mass is 10.1. The molecule has 2 aromatic rings. The first-order valence-corrected chi connectivity index (χ1v) is 5.18. The number of rotatable bonds is 2. The van der Waals surface area contributed by atoms with Crippen LogP contribution in [0.25, 0.3) is 0 Å². The highest BCUT2D eigenvalue weighted by atomic mass is 19.1. The van der Waals surface area contributed by atoms with Crippen molar-refractivity contribution in [1.82, 2.24) is 9.55 Å². The van der Waals surface area contributed by atoms with Gasteiger partial charge in [0.1, 0.15) is 0 Å². The zero-order valence-electron chi connectivity index (χ0n) is 9.43. The van der Waals surface area contributed by atoms with Crippen molar-refractivity contribution in [3.8, 4) is 12.3 Å². The fourth-order valence-electron chi connectivity index (χ4n) is 1.50. The van der Waals surface area contributed by atoms with Gasteiger partial charge in [-0.3, -0.25) is 4.57 Å². The summed E-state index contributed by atoms with van der Waals surface area (Å²) in [6, 6.07) is 7.05. The molecule has 0 unspecified atom stereocenters. The topological polar surface area (TPSA) is 60.9 Å². The van der Waals surface area contributed by atoms with Crippen molar-refractivity contribution in [3.05, 3.63) is 57.9 Å². The summed E-state index contributed by atoms with van der Waals surface area (Å²) < 4.78 is 14.4. The second kappa shape index (κ2) is 4.72. The molecule has 5 heteroatoms. The normalized spacial score (nSPS) is 10.0. The van der Waals surface area contributed by atoms with E-state index in [1.165, 1.54) is 0 Å². The molecular formula is C13H10FN3O. The predicted octanol–water partition coefficient (Wildman–Crippen LogP) is 0.994. The Morgan fingerprint density at radius 1 is 1.39 bits per heavy atom. The zero-order valence-corrected chi connectivity index (χ0v) is 9.43. The molecule has 90 valence electrons. The van der Waals surface area contributed by atoms with Crippen molar-refractivity contribution >= 4 is 5.82 Å². The maximum Gasteiger partial charge on any atom is 0.349 e. The van der Waals surface area contributed by atoms with Gasteiger partial charge in [0.05, 0.1) is 6.54 Å². The van der Waals surface area contributed by atoms with Crippen LogP contribution in [0.1, 0.15) is 11.1 Å². The van der Waals surface area contributed by atoms with E-state index < -0.39 is 11.5 Å². The van der Waals surface area contributed by atoms with Crippen LogP contribution >= 0.6 is 0 Å². The zero-order chi connectivity index (χ0) is 13.1. The number of terminal acetylenes is 1. The average Bonchev–Trinajstić information content (AvgIpc) is 2.37. The van der Waals surface area contributed by atoms with Gasteiger partial charge in [-0.25, -0.2) is 9.18 Å². The van der Waals surface area contributed by atoms with Gasteiger partial charge in [-0.15, -0.1) is 6.42 Å². The van der Waals surface area contributed by atoms with Gasteiger partial charge in [0.15, 0.2) is 11.6 Å². The molecule has 0 spiro atoms. The van der Waals surface area contributed by atoms with E-state index in [9.17, 15) is 9.18 Å². The molecule has 0 fully saturated rings. The largest absolute Gasteiger partial charge is 0.381 e. The van der Waals surface area contributed by atoms with Gasteiger partial charge >= 0.3 is 5.69 Å². The minimum Gasteiger partial charge on any atom is -0.381 e. The molecule has 2 rings (SSSR count). The summed E-state index contributed by atoms with van der Waals surface area (Å²) in [5.74, 6) is 1.39. The minimum absolute atomic E-state index is 0.216. The molecule has 0 saturated heterocycles. The summed E-state index contributed by atoms with van der Waals surface area (Å²) in [5.41, 5.74) is 6.18. The van der Waals surface area contributed by atoms with Crippen LogP contribution in [0.15, 0.2) is 35.3 Å². The number of benzene rings is 1. The summed E-state index contributed by atoms with van der Waals surface area (Å²) in [6.45, 7) is 0.216. The molecule has 0 aliphatic carbocycles. The van der Waals surface area contributed by atoms with Crippen molar-refractivity contribution in [2.45, 2.75) is 6.54 Å². The summed E-state index contributed by atoms with van der Waals surface area (Å²) >= 11 is 0. The van der Waals surface area contributed by atoms with Crippen molar-refractivity contribution < 1.29 is 4.39 Å². The molecule has 0 aliphatic rings. The van der Waals surface area contributed by atoms with Crippen molar-refractivity contribution in [2.75, 3.05) is 5.73 Å². The van der Waals surface area contributed by atoms with Crippen molar-refractivity contribution in [3.63, 3.8) is 0 Å². The highest BCUT2D eigenvalue weighted by Gasteiger charge is 2.05. The van der Waals surface area contributed by atoms with Gasteiger partial charge < -0.3 is 5.73 Å². The van der Waals surface area contributed by atoms with Crippen LogP contribution in [0.3, 0.4) is 0 Å². The van der Waals surface area contributed by atoms with Crippen LogP contribution < -0.4 is 11.4 Å². The van der Waals surface area contributed by atoms with Crippen LogP contribution in [0.2, 0.25) is 0 Å². The highest BCUT2D eigenvalue weighted by molar-refractivity contribution is 5.34. The first kappa shape index (κ1) is 11.9. The van der Waals surface area contributed by atoms with Gasteiger partial charge in [-0.1, -0.05) is 18.1 Å². The molecule has 18 heavy (non-hydrogen) atoms. The fourth-order valence-corrected chi connectivity index (χ4v) is 1.50. The van der Waals surface area contributed by atoms with Gasteiger partial charge in [0.25, 0.3) is 0 Å². The number of hydrogen-bond acceptors (Lipinski definition) is 3. The second-order valence-electron chi connectivity index (χ2n) is 3.73. The van der Waals surface area contributed by atoms with E-state index in [4.69, 9.17) is 12.2 Å². The van der Waals surface area contributed by atoms with Gasteiger partial charge in [-0.2, -0.15) is 4.98 Å². The second-order valence-corrected chi connectivity index (χ2v) is 3.73. The Balaban J connectivity index is 2.31. The van der Waals surface area contributed by atoms with Crippen LogP contribution in [0.5, 0.6) is 0 Å². The lowest BCUT2D eigenvalue weighted by Crippen LogP contribution is -2.25. The predicted molar refractivity (Wildman–Crippen MR) is 66.3 cm³/mol. The van der Waals surface area contributed by atoms with E-state index in [0.29, 0.717) is 0 Å². The molecule has 4 nitrogen and oxygen atoms in total. The third-order valence-corrected chi connectivity index (χ3v) is 2.45. The molecule has 0 saturated carbocycles. The molecule has 0 amide bonds. The molecular weight excluding hydrogens is 233 g/mol. The first-order valence-electron chi connectivity index (χ1n) is 5.18. The molecule has 1 aromatic carbocycles. The summed E-state index contributed by atoms with van der Waals surface area (Å²) in [5, 5.41) is 0. The number of aromatic nitrogens is 2. The molecule has 0 radical (unpaired) electrons. The summed E-state index contributed by atoms with van der Waals surface area (Å²) in [6.07, 6.45) is 6.28. The Kier molecular flexibility index (Phi) is 3.11. The molecule has 0 aliphatic heterocycles. The number of anilines is 1. The van der Waals surface area contributed by atoms with E-state index in [-0.39, 0.29) is 12.4 Å². The van der Waals surface area contributed by atoms with Crippen LogP contribution in [-0.2, 0) is 6.54 Å². The summed E-state index contributed by atoms with van der Waals surface area (Å²) in [7, 11) is 0. The third-order valence-electron chi connectivity index (χ3n) is 2.45. The van der Waals surface area contributed by atoms with Crippen molar-refractivity contribution in [1.29, 1.82) is 0 Å². The Bertz CT molecular complexity index is 668. The monoisotopic (exact) mass is 243 g/mol. The van der Waals surface area contributed by atoms with E-state index in [0.717, 1.165) is 21.9 Å². The number of nitrogen functional groups attached to an aromatic ring is 1. The highest BCUT2D eigenvalue weighted by Crippen LogP contribution is 2.06. The molecule has 1 heterocycles. The maximum atomic E-state index is 13.2. The number of nitrogens with two attached hydrogens (primary N) is 1. The Morgan fingerprint density at radius 3 is 2.67 bits per heavy atom. The van der Waals surface area contributed by atoms with Crippen LogP contribution in [-0.4, -0.2) is 9.55 Å². The van der Waals surface area contributed by atoms with Gasteiger partial charge in [-0.05, 0) is 17.7 Å². The molecule has 0 atom stereocenters.